The number of amides is 2. The van der Waals surface area contributed by atoms with E-state index in [4.69, 9.17) is 4.74 Å². The second-order valence-corrected chi connectivity index (χ2v) is 7.74. The number of aromatic nitrogens is 3. The van der Waals surface area contributed by atoms with Crippen LogP contribution in [-0.2, 0) is 17.8 Å². The van der Waals surface area contributed by atoms with Crippen LogP contribution in [-0.4, -0.2) is 39.2 Å². The Morgan fingerprint density at radius 3 is 2.74 bits per heavy atom. The van der Waals surface area contributed by atoms with Gasteiger partial charge in [-0.3, -0.25) is 14.4 Å². The molecule has 2 amide bonds. The number of ether oxygens (including phenoxy) is 1. The molecule has 0 bridgehead atoms. The molecule has 2 aromatic heterocycles. The number of hydrogen-bond donors (Lipinski definition) is 3. The van der Waals surface area contributed by atoms with Crippen LogP contribution in [0.4, 0.5) is 10.1 Å². The molecule has 0 saturated heterocycles. The molecule has 1 aliphatic rings. The summed E-state index contributed by atoms with van der Waals surface area (Å²) in [4.78, 5) is 48.1. The number of ketones is 1. The molecule has 10 heteroatoms. The third-order valence-electron chi connectivity index (χ3n) is 5.39. The molecule has 0 radical (unpaired) electrons. The van der Waals surface area contributed by atoms with Crippen LogP contribution in [0.5, 0.6) is 5.75 Å². The monoisotopic (exact) mass is 459 g/mol. The van der Waals surface area contributed by atoms with Gasteiger partial charge >= 0.3 is 0 Å². The average Bonchev–Trinajstić information content (AvgIpc) is 3.25. The van der Waals surface area contributed by atoms with E-state index in [0.29, 0.717) is 28.9 Å². The van der Waals surface area contributed by atoms with Crippen molar-refractivity contribution in [1.29, 1.82) is 0 Å². The van der Waals surface area contributed by atoms with E-state index >= 15 is 0 Å². The van der Waals surface area contributed by atoms with Crippen molar-refractivity contribution in [3.63, 3.8) is 0 Å². The molecule has 0 fully saturated rings. The predicted molar refractivity (Wildman–Crippen MR) is 120 cm³/mol. The summed E-state index contributed by atoms with van der Waals surface area (Å²) >= 11 is 0. The number of carbonyl (C=O) groups is 3. The van der Waals surface area contributed by atoms with E-state index in [1.165, 1.54) is 36.8 Å². The van der Waals surface area contributed by atoms with Crippen molar-refractivity contribution >= 4 is 34.3 Å². The third kappa shape index (κ3) is 4.20. The molecule has 3 heterocycles. The first-order valence-corrected chi connectivity index (χ1v) is 10.4. The number of nitrogens with zero attached hydrogens (tertiary/aromatic N) is 2. The zero-order valence-corrected chi connectivity index (χ0v) is 17.7. The minimum atomic E-state index is -0.444. The number of Topliss-reactive ketones (excluding diaryl/α,β-unsaturated/α-hetero) is 1. The van der Waals surface area contributed by atoms with Crippen molar-refractivity contribution in [2.45, 2.75) is 13.0 Å². The van der Waals surface area contributed by atoms with Crippen LogP contribution in [0, 0.1) is 5.82 Å². The number of rotatable bonds is 5. The van der Waals surface area contributed by atoms with E-state index in [2.05, 4.69) is 25.6 Å². The van der Waals surface area contributed by atoms with E-state index in [9.17, 15) is 18.8 Å². The summed E-state index contributed by atoms with van der Waals surface area (Å²) in [5, 5.41) is 5.51. The van der Waals surface area contributed by atoms with Gasteiger partial charge in [0.25, 0.3) is 11.8 Å². The minimum Gasteiger partial charge on any atom is -0.486 e. The summed E-state index contributed by atoms with van der Waals surface area (Å²) in [5.41, 5.74) is 3.08. The number of halogens is 1. The molecule has 5 rings (SSSR count). The molecule has 0 aliphatic carbocycles. The highest BCUT2D eigenvalue weighted by atomic mass is 19.1. The van der Waals surface area contributed by atoms with Gasteiger partial charge in [0.1, 0.15) is 30.0 Å². The number of fused-ring (bicyclic) bond motifs is 2. The van der Waals surface area contributed by atoms with Gasteiger partial charge in [-0.2, -0.15) is 0 Å². The van der Waals surface area contributed by atoms with Crippen molar-refractivity contribution < 1.29 is 23.5 Å². The van der Waals surface area contributed by atoms with Gasteiger partial charge in [-0.25, -0.2) is 14.4 Å². The zero-order valence-electron chi connectivity index (χ0n) is 17.7. The minimum absolute atomic E-state index is 0.00568. The molecule has 2 aromatic carbocycles. The summed E-state index contributed by atoms with van der Waals surface area (Å²) in [5.74, 6) is -0.639. The number of nitrogens with one attached hydrogen (secondary N) is 3. The lowest BCUT2D eigenvalue weighted by Gasteiger charge is -2.17. The first-order chi connectivity index (χ1) is 16.5. The maximum Gasteiger partial charge on any atom is 0.272 e. The van der Waals surface area contributed by atoms with Gasteiger partial charge < -0.3 is 20.4 Å². The van der Waals surface area contributed by atoms with Crippen molar-refractivity contribution in [2.24, 2.45) is 0 Å². The van der Waals surface area contributed by atoms with Crippen molar-refractivity contribution in [3.8, 4) is 5.75 Å². The Kier molecular flexibility index (Phi) is 5.46. The molecule has 1 aliphatic heterocycles. The standard InChI is InChI=1S/C24H18FN5O4/c25-16-4-2-14(3-5-16)23(32)30-18-10-26-21-20(18)28-12-29-22(21)24(33)27-9-13-1-6-19-15(7-13)8-17(31)11-34-19/h1-7,10,12,26H,8-9,11H2,(H,27,33)(H,30,32). The van der Waals surface area contributed by atoms with Crippen LogP contribution in [0.3, 0.4) is 0 Å². The lowest BCUT2D eigenvalue weighted by atomic mass is 10.0. The van der Waals surface area contributed by atoms with Gasteiger partial charge in [0.2, 0.25) is 0 Å². The van der Waals surface area contributed by atoms with Gasteiger partial charge in [0, 0.05) is 30.3 Å². The number of carbonyl (C=O) groups excluding carboxylic acids is 3. The molecule has 170 valence electrons. The van der Waals surface area contributed by atoms with Crippen molar-refractivity contribution in [1.82, 2.24) is 20.3 Å². The van der Waals surface area contributed by atoms with Gasteiger partial charge in [-0.05, 0) is 42.0 Å². The second-order valence-electron chi connectivity index (χ2n) is 7.74. The highest BCUT2D eigenvalue weighted by Gasteiger charge is 2.19. The SMILES string of the molecule is O=C1COc2ccc(CNC(=O)c3ncnc4c(NC(=O)c5ccc(F)cc5)c[nH]c34)cc2C1. The molecule has 9 nitrogen and oxygen atoms in total. The maximum absolute atomic E-state index is 13.1. The Morgan fingerprint density at radius 1 is 1.09 bits per heavy atom. The predicted octanol–water partition coefficient (Wildman–Crippen LogP) is 2.78. The summed E-state index contributed by atoms with van der Waals surface area (Å²) in [6.45, 7) is 0.302. The lowest BCUT2D eigenvalue weighted by molar-refractivity contribution is -0.121. The largest absolute Gasteiger partial charge is 0.486 e. The molecule has 0 atom stereocenters. The third-order valence-corrected chi connectivity index (χ3v) is 5.39. The molecule has 0 saturated carbocycles. The molecule has 4 aromatic rings. The van der Waals surface area contributed by atoms with Crippen LogP contribution in [0.15, 0.2) is 55.0 Å². The Labute approximate surface area is 192 Å². The van der Waals surface area contributed by atoms with Gasteiger partial charge in [0.05, 0.1) is 11.2 Å². The quantitative estimate of drug-likeness (QED) is 0.421. The van der Waals surface area contributed by atoms with Gasteiger partial charge in [0.15, 0.2) is 11.5 Å². The number of aromatic amines is 1. The van der Waals surface area contributed by atoms with Gasteiger partial charge in [-0.15, -0.1) is 0 Å². The first-order valence-electron chi connectivity index (χ1n) is 10.4. The molecular formula is C24H18FN5O4. The summed E-state index contributed by atoms with van der Waals surface area (Å²) in [7, 11) is 0. The lowest BCUT2D eigenvalue weighted by Crippen LogP contribution is -2.25. The highest BCUT2D eigenvalue weighted by molar-refractivity contribution is 6.11. The van der Waals surface area contributed by atoms with Gasteiger partial charge in [-0.1, -0.05) is 6.07 Å². The summed E-state index contributed by atoms with van der Waals surface area (Å²) in [6.07, 6.45) is 3.05. The van der Waals surface area contributed by atoms with E-state index in [-0.39, 0.29) is 30.2 Å². The Hall–Kier alpha value is -4.60. The Balaban J connectivity index is 1.31. The van der Waals surface area contributed by atoms with Crippen LogP contribution in [0.1, 0.15) is 32.0 Å². The highest BCUT2D eigenvalue weighted by Crippen LogP contribution is 2.25. The Morgan fingerprint density at radius 2 is 1.91 bits per heavy atom. The van der Waals surface area contributed by atoms with Crippen molar-refractivity contribution in [2.75, 3.05) is 11.9 Å². The average molecular weight is 459 g/mol. The fourth-order valence-corrected chi connectivity index (χ4v) is 3.71. The molecule has 34 heavy (non-hydrogen) atoms. The Bertz CT molecular complexity index is 1430. The van der Waals surface area contributed by atoms with Crippen LogP contribution >= 0.6 is 0 Å². The van der Waals surface area contributed by atoms with Crippen molar-refractivity contribution in [3.05, 3.63) is 83.2 Å². The smallest absolute Gasteiger partial charge is 0.272 e. The van der Waals surface area contributed by atoms with E-state index < -0.39 is 17.6 Å². The van der Waals surface area contributed by atoms with Crippen LogP contribution in [0.2, 0.25) is 0 Å². The number of hydrogen-bond acceptors (Lipinski definition) is 6. The maximum atomic E-state index is 13.1. The topological polar surface area (TPSA) is 126 Å². The number of benzene rings is 2. The van der Waals surface area contributed by atoms with E-state index in [1.54, 1.807) is 6.07 Å². The fourth-order valence-electron chi connectivity index (χ4n) is 3.71. The number of H-pyrrole nitrogens is 1. The summed E-state index contributed by atoms with van der Waals surface area (Å²) < 4.78 is 18.5. The fraction of sp³-hybridized carbons (Fsp3) is 0.125. The molecule has 0 unspecified atom stereocenters. The van der Waals surface area contributed by atoms with E-state index in [1.807, 2.05) is 12.1 Å². The zero-order chi connectivity index (χ0) is 23.7. The molecular weight excluding hydrogens is 441 g/mol. The van der Waals surface area contributed by atoms with E-state index in [0.717, 1.165) is 11.1 Å². The number of anilines is 1. The molecule has 0 spiro atoms. The van der Waals surface area contributed by atoms with Crippen LogP contribution < -0.4 is 15.4 Å². The second kappa shape index (κ2) is 8.74. The van der Waals surface area contributed by atoms with Crippen LogP contribution in [0.25, 0.3) is 11.0 Å². The normalized spacial score (nSPS) is 12.7. The first kappa shape index (κ1) is 21.3. The summed E-state index contributed by atoms with van der Waals surface area (Å²) in [6, 6.07) is 10.6. The molecule has 3 N–H and O–H groups in total.